The second kappa shape index (κ2) is 8.93. The molecular formula is C19H24N6O6S2. The van der Waals surface area contributed by atoms with Crippen molar-refractivity contribution in [3.63, 3.8) is 0 Å². The van der Waals surface area contributed by atoms with Gasteiger partial charge in [0.15, 0.2) is 10.8 Å². The summed E-state index contributed by atoms with van der Waals surface area (Å²) < 4.78 is 0.588. The van der Waals surface area contributed by atoms with Crippen molar-refractivity contribution in [2.45, 2.75) is 29.7 Å². The molecule has 1 aromatic rings. The third-order valence-electron chi connectivity index (χ3n) is 5.99. The van der Waals surface area contributed by atoms with E-state index in [4.69, 9.17) is 10.6 Å². The van der Waals surface area contributed by atoms with E-state index in [9.17, 15) is 24.6 Å². The maximum atomic E-state index is 12.9. The number of thiazole rings is 1. The number of β-lactam (4-membered cyclic amide) rings is 1. The summed E-state index contributed by atoms with van der Waals surface area (Å²) in [6.07, 6.45) is 2.03. The zero-order valence-electron chi connectivity index (χ0n) is 18.0. The summed E-state index contributed by atoms with van der Waals surface area (Å²) >= 11 is 2.12. The Labute approximate surface area is 197 Å². The average molecular weight is 497 g/mol. The van der Waals surface area contributed by atoms with Gasteiger partial charge in [0.1, 0.15) is 36.2 Å². The maximum Gasteiger partial charge on any atom is 0.276 e. The van der Waals surface area contributed by atoms with Crippen molar-refractivity contribution in [3.05, 3.63) is 22.3 Å². The van der Waals surface area contributed by atoms with E-state index in [-0.39, 0.29) is 27.8 Å². The number of thioether (sulfide) groups is 1. The molecule has 1 unspecified atom stereocenters. The van der Waals surface area contributed by atoms with E-state index in [0.717, 1.165) is 53.9 Å². The molecule has 4 rings (SSSR count). The first-order chi connectivity index (χ1) is 15.6. The highest BCUT2D eigenvalue weighted by atomic mass is 32.2. The van der Waals surface area contributed by atoms with Gasteiger partial charge in [-0.1, -0.05) is 16.9 Å². The summed E-state index contributed by atoms with van der Waals surface area (Å²) in [5.74, 6) is -2.88. The van der Waals surface area contributed by atoms with Crippen LogP contribution in [0.15, 0.2) is 21.8 Å². The van der Waals surface area contributed by atoms with Crippen LogP contribution in [-0.4, -0.2) is 93.6 Å². The number of aliphatic carboxylic acids is 1. The second-order valence-corrected chi connectivity index (χ2v) is 10.4. The van der Waals surface area contributed by atoms with Crippen molar-refractivity contribution < 1.29 is 33.9 Å². The number of likely N-dealkylation sites (tertiary alicyclic amines) is 1. The SMILES string of the molecule is CO/N=C(\C(=O)N[C@@H]1C(=O)N2C(C(=O)[O-])=C(C[N+]3(C)CCCC3)C(O)S[C@H]12)c1csc(N)n1. The molecule has 2 fully saturated rings. The maximum absolute atomic E-state index is 12.9. The lowest BCUT2D eigenvalue weighted by Crippen LogP contribution is -2.72. The van der Waals surface area contributed by atoms with Gasteiger partial charge in [0.05, 0.1) is 31.8 Å². The fraction of sp³-hybridized carbons (Fsp3) is 0.526. The molecule has 33 heavy (non-hydrogen) atoms. The van der Waals surface area contributed by atoms with Gasteiger partial charge < -0.3 is 35.4 Å². The standard InChI is InChI=1S/C19H24N6O6S2/c1-25(5-3-4-6-25)7-9-13(17(28)29)24-15(27)12(16(24)33-18(9)30)22-14(26)11(23-31-2)10-8-32-19(20)21-10/h8,12,16,18,30H,3-7H2,1-2H3,(H3-,20,21,22,26,28,29)/b23-11-/t12-,16-,18?/m1/s1. The number of nitrogens with one attached hydrogen (secondary N) is 1. The molecule has 3 aliphatic rings. The number of aromatic nitrogens is 1. The highest BCUT2D eigenvalue weighted by Crippen LogP contribution is 2.44. The molecule has 12 nitrogen and oxygen atoms in total. The van der Waals surface area contributed by atoms with E-state index in [0.29, 0.717) is 11.0 Å². The number of hydrogen-bond acceptors (Lipinski definition) is 11. The molecule has 4 heterocycles. The van der Waals surface area contributed by atoms with E-state index in [1.165, 1.54) is 12.5 Å². The van der Waals surface area contributed by atoms with E-state index in [1.54, 1.807) is 0 Å². The zero-order valence-corrected chi connectivity index (χ0v) is 19.6. The summed E-state index contributed by atoms with van der Waals surface area (Å²) in [6, 6.07) is -1.07. The number of amides is 2. The third-order valence-corrected chi connectivity index (χ3v) is 7.97. The zero-order chi connectivity index (χ0) is 23.9. The van der Waals surface area contributed by atoms with Gasteiger partial charge in [0, 0.05) is 23.8 Å². The fourth-order valence-corrected chi connectivity index (χ4v) is 6.25. The molecule has 1 aromatic heterocycles. The Bertz CT molecular complexity index is 1050. The summed E-state index contributed by atoms with van der Waals surface area (Å²) in [6.45, 7) is 2.03. The summed E-state index contributed by atoms with van der Waals surface area (Å²) in [5, 5.41) is 30.0. The smallest absolute Gasteiger partial charge is 0.276 e. The number of oxime groups is 1. The number of fused-ring (bicyclic) bond motifs is 1. The highest BCUT2D eigenvalue weighted by molar-refractivity contribution is 8.00. The van der Waals surface area contributed by atoms with Crippen LogP contribution in [0.1, 0.15) is 18.5 Å². The van der Waals surface area contributed by atoms with Crippen LogP contribution in [0.5, 0.6) is 0 Å². The summed E-state index contributed by atoms with van der Waals surface area (Å²) in [4.78, 5) is 47.5. The van der Waals surface area contributed by atoms with Crippen molar-refractivity contribution in [3.8, 4) is 0 Å². The molecule has 3 atom stereocenters. The van der Waals surface area contributed by atoms with Crippen LogP contribution < -0.4 is 16.2 Å². The van der Waals surface area contributed by atoms with Crippen molar-refractivity contribution >= 4 is 51.7 Å². The van der Waals surface area contributed by atoms with Crippen LogP contribution in [0, 0.1) is 0 Å². The summed E-state index contributed by atoms with van der Waals surface area (Å²) in [5.41, 5.74) is 4.42. The number of quaternary nitrogens is 1. The topological polar surface area (TPSA) is 170 Å². The Morgan fingerprint density at radius 3 is 2.73 bits per heavy atom. The number of carbonyl (C=O) groups excluding carboxylic acids is 3. The monoisotopic (exact) mass is 496 g/mol. The number of hydrogen-bond donors (Lipinski definition) is 3. The molecule has 0 aromatic carbocycles. The van der Waals surface area contributed by atoms with Crippen LogP contribution in [0.25, 0.3) is 0 Å². The first kappa shape index (κ1) is 23.5. The van der Waals surface area contributed by atoms with Crippen LogP contribution in [0.4, 0.5) is 5.13 Å². The number of aliphatic hydroxyl groups excluding tert-OH is 1. The van der Waals surface area contributed by atoms with Gasteiger partial charge in [-0.2, -0.15) is 0 Å². The van der Waals surface area contributed by atoms with Gasteiger partial charge in [-0.3, -0.25) is 14.5 Å². The molecule has 4 N–H and O–H groups in total. The lowest BCUT2D eigenvalue weighted by molar-refractivity contribution is -0.893. The number of carboxylic acid groups (broad SMARTS) is 1. The van der Waals surface area contributed by atoms with Gasteiger partial charge in [-0.05, 0) is 0 Å². The molecule has 3 aliphatic heterocycles. The van der Waals surface area contributed by atoms with E-state index in [2.05, 4.69) is 15.5 Å². The van der Waals surface area contributed by atoms with Gasteiger partial charge >= 0.3 is 0 Å². The minimum atomic E-state index is -1.53. The Kier molecular flexibility index (Phi) is 6.35. The number of likely N-dealkylation sites (N-methyl/N-ethyl adjacent to an activating group) is 1. The van der Waals surface area contributed by atoms with Crippen LogP contribution in [0.2, 0.25) is 0 Å². The van der Waals surface area contributed by atoms with Crippen LogP contribution in [0.3, 0.4) is 0 Å². The molecule has 0 radical (unpaired) electrons. The predicted octanol–water partition coefficient (Wildman–Crippen LogP) is -1.96. The first-order valence-corrected chi connectivity index (χ1v) is 12.1. The average Bonchev–Trinajstić information content (AvgIpc) is 3.39. The lowest BCUT2D eigenvalue weighted by Gasteiger charge is -2.52. The number of nitrogens with zero attached hydrogens (tertiary/aromatic N) is 4. The second-order valence-electron chi connectivity index (χ2n) is 8.33. The predicted molar refractivity (Wildman–Crippen MR) is 118 cm³/mol. The van der Waals surface area contributed by atoms with Crippen molar-refractivity contribution in [2.75, 3.05) is 39.5 Å². The van der Waals surface area contributed by atoms with Gasteiger partial charge in [0.2, 0.25) is 0 Å². The molecule has 0 saturated carbocycles. The Morgan fingerprint density at radius 2 is 2.15 bits per heavy atom. The molecule has 0 aliphatic carbocycles. The number of nitrogen functional groups attached to an aromatic ring is 1. The van der Waals surface area contributed by atoms with Gasteiger partial charge in [-0.15, -0.1) is 11.3 Å². The number of nitrogens with two attached hydrogens (primary N) is 1. The quantitative estimate of drug-likeness (QED) is 0.168. The van der Waals surface area contributed by atoms with E-state index >= 15 is 0 Å². The van der Waals surface area contributed by atoms with Crippen LogP contribution in [-0.2, 0) is 19.2 Å². The Morgan fingerprint density at radius 1 is 1.45 bits per heavy atom. The minimum absolute atomic E-state index is 0.178. The lowest BCUT2D eigenvalue weighted by atomic mass is 10.0. The molecule has 0 spiro atoms. The Hall–Kier alpha value is -2.68. The van der Waals surface area contributed by atoms with Gasteiger partial charge in [0.25, 0.3) is 11.8 Å². The fourth-order valence-electron chi connectivity index (χ4n) is 4.41. The van der Waals surface area contributed by atoms with Crippen molar-refractivity contribution in [2.24, 2.45) is 5.16 Å². The van der Waals surface area contributed by atoms with Crippen molar-refractivity contribution in [1.29, 1.82) is 0 Å². The number of rotatable bonds is 7. The van der Waals surface area contributed by atoms with E-state index in [1.807, 2.05) is 7.05 Å². The molecular weight excluding hydrogens is 472 g/mol. The largest absolute Gasteiger partial charge is 0.543 e. The molecule has 14 heteroatoms. The normalized spacial score (nSPS) is 26.6. The minimum Gasteiger partial charge on any atom is -0.543 e. The molecule has 2 amide bonds. The van der Waals surface area contributed by atoms with Crippen LogP contribution >= 0.6 is 23.1 Å². The summed E-state index contributed by atoms with van der Waals surface area (Å²) in [7, 11) is 3.26. The molecule has 0 bridgehead atoms. The molecule has 178 valence electrons. The molecule has 2 saturated heterocycles. The van der Waals surface area contributed by atoms with Gasteiger partial charge in [-0.25, -0.2) is 4.98 Å². The number of carboxylic acids is 1. The van der Waals surface area contributed by atoms with Crippen molar-refractivity contribution in [1.82, 2.24) is 15.2 Å². The Balaban J connectivity index is 1.56. The number of aliphatic hydroxyl groups is 1. The highest BCUT2D eigenvalue weighted by Gasteiger charge is 2.56. The third kappa shape index (κ3) is 4.30. The number of carbonyl (C=O) groups is 3. The number of anilines is 1. The van der Waals surface area contributed by atoms with E-state index < -0.39 is 34.6 Å². The first-order valence-electron chi connectivity index (χ1n) is 10.2.